The first-order valence-corrected chi connectivity index (χ1v) is 12.2. The molecule has 1 N–H and O–H groups in total. The maximum atomic E-state index is 13.1. The first-order valence-electron chi connectivity index (χ1n) is 7.84. The molecule has 4 fully saturated rings. The Hall–Kier alpha value is -1.39. The van der Waals surface area contributed by atoms with Gasteiger partial charge in [0.05, 0.1) is 13.2 Å². The van der Waals surface area contributed by atoms with Gasteiger partial charge in [-0.2, -0.15) is 4.57 Å². The van der Waals surface area contributed by atoms with Crippen LogP contribution in [0.3, 0.4) is 0 Å². The topological polar surface area (TPSA) is 208 Å². The number of hydrogen-bond acceptors (Lipinski definition) is 16. The first-order chi connectivity index (χ1) is 14.0. The summed E-state index contributed by atoms with van der Waals surface area (Å²) in [5.41, 5.74) is -3.47. The highest BCUT2D eigenvalue weighted by molar-refractivity contribution is 7.52. The van der Waals surface area contributed by atoms with Gasteiger partial charge in [-0.25, -0.2) is 50.2 Å². The summed E-state index contributed by atoms with van der Waals surface area (Å²) in [6.07, 6.45) is 0. The summed E-state index contributed by atoms with van der Waals surface area (Å²) in [6, 6.07) is 0. The molecule has 4 saturated heterocycles. The Morgan fingerprint density at radius 2 is 1.57 bits per heavy atom. The van der Waals surface area contributed by atoms with Crippen molar-refractivity contribution in [2.24, 2.45) is 0 Å². The van der Waals surface area contributed by atoms with Crippen LogP contribution in [-0.2, 0) is 62.0 Å². The Labute approximate surface area is 161 Å². The molecule has 2 atom stereocenters. The Balaban J connectivity index is 1.62. The molecule has 2 unspecified atom stereocenters. The molecule has 1 aromatic heterocycles. The maximum Gasteiger partial charge on any atom is 0.613 e. The molecule has 1 aromatic rings. The molecule has 10 aliphatic heterocycles. The average Bonchev–Trinajstić information content (AvgIpc) is 2.78. The minimum absolute atomic E-state index is 0.0311. The molecule has 21 heteroatoms. The van der Waals surface area contributed by atoms with Gasteiger partial charge in [-0.3, -0.25) is 9.42 Å². The molecule has 162 valence electrons. The molecule has 18 nitrogen and oxygen atoms in total. The fourth-order valence-electron chi connectivity index (χ4n) is 3.55. The molecule has 10 aliphatic rings. The number of hydrogen-bond donors (Lipinski definition) is 1. The van der Waals surface area contributed by atoms with Gasteiger partial charge in [-0.15, -0.1) is 0 Å². The molecule has 0 aliphatic carbocycles. The predicted octanol–water partition coefficient (Wildman–Crippen LogP) is -1.28. The van der Waals surface area contributed by atoms with E-state index in [9.17, 15) is 28.4 Å². The quantitative estimate of drug-likeness (QED) is 0.488. The van der Waals surface area contributed by atoms with Crippen LogP contribution in [0.25, 0.3) is 0 Å². The van der Waals surface area contributed by atoms with E-state index < -0.39 is 77.2 Å². The van der Waals surface area contributed by atoms with Crippen LogP contribution in [-0.4, -0.2) is 33.6 Å². The van der Waals surface area contributed by atoms with Crippen LogP contribution in [0.2, 0.25) is 0 Å². The van der Waals surface area contributed by atoms with E-state index >= 15 is 0 Å². The third-order valence-corrected chi connectivity index (χ3v) is 8.58. The summed E-state index contributed by atoms with van der Waals surface area (Å²) in [7, 11) is -13.5. The number of nitrogens with zero attached hydrogens (tertiary/aromatic N) is 2. The second-order valence-electron chi connectivity index (χ2n) is 6.32. The SMILES string of the molecule is O=c1c2c3n4c(=O)n1OP(=O)(O3)OC21OP(=O)(O1)OC4(OCCO)C12OP(=O)(O1)O2. The highest BCUT2D eigenvalue weighted by Crippen LogP contribution is 2.87. The van der Waals surface area contributed by atoms with Crippen molar-refractivity contribution in [2.45, 2.75) is 17.9 Å². The fourth-order valence-corrected chi connectivity index (χ4v) is 7.71. The number of rotatable bonds is 4. The van der Waals surface area contributed by atoms with Gasteiger partial charge in [0.25, 0.3) is 0 Å². The van der Waals surface area contributed by atoms with Gasteiger partial charge < -0.3 is 14.4 Å². The standard InChI is InChI=1S/C9H5N2O16P3/c12-1-2-18-8(9-24-30(17,25-9)26-9)10-5-3-4(13)11(6(10)14)27-28(15,19-5)20-7(3)21-29(16,22-7)23-8/h12H,1-2H2. The van der Waals surface area contributed by atoms with Crippen molar-refractivity contribution in [2.75, 3.05) is 13.2 Å². The van der Waals surface area contributed by atoms with E-state index in [2.05, 4.69) is 0 Å². The number of aromatic nitrogens is 2. The van der Waals surface area contributed by atoms with Crippen molar-refractivity contribution in [3.63, 3.8) is 0 Å². The number of fused-ring (bicyclic) bond motifs is 1. The van der Waals surface area contributed by atoms with Crippen LogP contribution in [0.1, 0.15) is 5.56 Å². The lowest BCUT2D eigenvalue weighted by molar-refractivity contribution is -0.554. The highest BCUT2D eigenvalue weighted by Gasteiger charge is 2.90. The van der Waals surface area contributed by atoms with Crippen molar-refractivity contribution in [1.29, 1.82) is 0 Å². The van der Waals surface area contributed by atoms with E-state index in [-0.39, 0.29) is 4.73 Å². The maximum absolute atomic E-state index is 13.1. The van der Waals surface area contributed by atoms with E-state index in [4.69, 9.17) is 45.6 Å². The summed E-state index contributed by atoms with van der Waals surface area (Å²) in [6.45, 7) is -1.34. The molecule has 0 amide bonds. The van der Waals surface area contributed by atoms with E-state index in [0.717, 1.165) is 0 Å². The van der Waals surface area contributed by atoms with Crippen LogP contribution < -0.4 is 20.4 Å². The van der Waals surface area contributed by atoms with Crippen LogP contribution in [0.4, 0.5) is 0 Å². The monoisotopic (exact) mass is 490 g/mol. The zero-order valence-corrected chi connectivity index (χ0v) is 16.4. The lowest BCUT2D eigenvalue weighted by Crippen LogP contribution is -2.76. The fraction of sp³-hybridized carbons (Fsp3) is 0.556. The van der Waals surface area contributed by atoms with Gasteiger partial charge in [-0.1, -0.05) is 4.73 Å². The summed E-state index contributed by atoms with van der Waals surface area (Å²) >= 11 is 0. The molecule has 11 heterocycles. The van der Waals surface area contributed by atoms with E-state index in [0.29, 0.717) is 4.57 Å². The van der Waals surface area contributed by atoms with Gasteiger partial charge in [0, 0.05) is 0 Å². The third-order valence-electron chi connectivity index (χ3n) is 4.56. The lowest BCUT2D eigenvalue weighted by atomic mass is 10.2. The number of aliphatic hydroxyl groups is 1. The molecule has 30 heavy (non-hydrogen) atoms. The second-order valence-corrected chi connectivity index (χ2v) is 10.6. The number of phosphoric acid groups is 3. The van der Waals surface area contributed by atoms with Gasteiger partial charge in [0.15, 0.2) is 5.56 Å². The smallest absolute Gasteiger partial charge is 0.394 e. The van der Waals surface area contributed by atoms with E-state index in [1.807, 2.05) is 0 Å². The largest absolute Gasteiger partial charge is 0.613 e. The van der Waals surface area contributed by atoms with Crippen LogP contribution in [0.5, 0.6) is 5.88 Å². The van der Waals surface area contributed by atoms with E-state index in [1.165, 1.54) is 0 Å². The molecule has 9 bridgehead atoms. The first kappa shape index (κ1) is 18.2. The van der Waals surface area contributed by atoms with Crippen molar-refractivity contribution >= 4 is 23.5 Å². The van der Waals surface area contributed by atoms with Gasteiger partial charge >= 0.3 is 52.6 Å². The van der Waals surface area contributed by atoms with Gasteiger partial charge in [0.1, 0.15) is 0 Å². The molecule has 0 radical (unpaired) electrons. The van der Waals surface area contributed by atoms with Crippen molar-refractivity contribution in [3.8, 4) is 5.88 Å². The molecular formula is C9H5N2O16P3. The third kappa shape index (κ3) is 1.72. The van der Waals surface area contributed by atoms with Crippen LogP contribution >= 0.6 is 23.5 Å². The zero-order valence-electron chi connectivity index (χ0n) is 13.7. The van der Waals surface area contributed by atoms with E-state index in [1.54, 1.807) is 0 Å². The number of phosphoric ester groups is 3. The van der Waals surface area contributed by atoms with Crippen molar-refractivity contribution in [3.05, 3.63) is 26.4 Å². The minimum atomic E-state index is -4.79. The molecule has 11 rings (SSSR count). The number of ether oxygens (including phenoxy) is 1. The Kier molecular flexibility index (Phi) is 2.84. The minimum Gasteiger partial charge on any atom is -0.394 e. The summed E-state index contributed by atoms with van der Waals surface area (Å²) in [5.74, 6) is -9.11. The summed E-state index contributed by atoms with van der Waals surface area (Å²) in [5, 5.41) is 9.22. The zero-order chi connectivity index (χ0) is 20.9. The normalized spacial score (nSPS) is 50.3. The lowest BCUT2D eigenvalue weighted by Gasteiger charge is -2.62. The number of aliphatic hydroxyl groups excluding tert-OH is 1. The molecular weight excluding hydrogens is 485 g/mol. The van der Waals surface area contributed by atoms with Crippen molar-refractivity contribution in [1.82, 2.24) is 9.30 Å². The van der Waals surface area contributed by atoms with Gasteiger partial charge in [-0.05, 0) is 0 Å². The predicted molar refractivity (Wildman–Crippen MR) is 78.0 cm³/mol. The van der Waals surface area contributed by atoms with Crippen molar-refractivity contribution < 1.29 is 64.4 Å². The van der Waals surface area contributed by atoms with Crippen LogP contribution in [0, 0.1) is 0 Å². The second kappa shape index (κ2) is 4.68. The Bertz CT molecular complexity index is 1310. The molecule has 1 spiro atoms. The summed E-state index contributed by atoms with van der Waals surface area (Å²) in [4.78, 5) is 25.8. The van der Waals surface area contributed by atoms with Crippen LogP contribution in [0.15, 0.2) is 9.59 Å². The molecule has 0 saturated carbocycles. The van der Waals surface area contributed by atoms with Gasteiger partial charge in [0.2, 0.25) is 5.88 Å². The molecule has 0 aromatic carbocycles. The highest BCUT2D eigenvalue weighted by atomic mass is 31.2. The Morgan fingerprint density at radius 1 is 0.933 bits per heavy atom. The Morgan fingerprint density at radius 3 is 2.20 bits per heavy atom. The summed E-state index contributed by atoms with van der Waals surface area (Å²) < 4.78 is 88.3. The average molecular weight is 490 g/mol.